The lowest BCUT2D eigenvalue weighted by molar-refractivity contribution is -0.136. The molecule has 0 amide bonds. The molecule has 0 unspecified atom stereocenters. The monoisotopic (exact) mass is 426 g/mol. The molecule has 0 spiro atoms. The van der Waals surface area contributed by atoms with E-state index in [9.17, 15) is 21.6 Å². The van der Waals surface area contributed by atoms with Crippen LogP contribution in [0.5, 0.6) is 0 Å². The van der Waals surface area contributed by atoms with E-state index in [-0.39, 0.29) is 28.4 Å². The fourth-order valence-electron chi connectivity index (χ4n) is 2.70. The number of nitrogens with zero attached hydrogens (tertiary/aromatic N) is 1. The normalized spacial score (nSPS) is 12.0. The molecule has 0 aliphatic rings. The van der Waals surface area contributed by atoms with Gasteiger partial charge in [-0.25, -0.2) is 21.6 Å². The van der Waals surface area contributed by atoms with Gasteiger partial charge in [-0.2, -0.15) is 0 Å². The van der Waals surface area contributed by atoms with Gasteiger partial charge in [0.05, 0.1) is 21.9 Å². The molecule has 28 heavy (non-hydrogen) atoms. The minimum atomic E-state index is -4.00. The van der Waals surface area contributed by atoms with Gasteiger partial charge in [-0.1, -0.05) is 24.3 Å². The van der Waals surface area contributed by atoms with Crippen LogP contribution in [0.3, 0.4) is 0 Å². The molecule has 8 nitrogen and oxygen atoms in total. The Hall–Kier alpha value is -2.43. The number of rotatable bonds is 8. The maximum atomic E-state index is 12.9. The van der Waals surface area contributed by atoms with E-state index < -0.39 is 26.0 Å². The zero-order valence-corrected chi connectivity index (χ0v) is 17.3. The van der Waals surface area contributed by atoms with E-state index in [1.54, 1.807) is 38.1 Å². The third-order valence-corrected chi connectivity index (χ3v) is 7.54. The van der Waals surface area contributed by atoms with E-state index in [4.69, 9.17) is 5.11 Å². The topological polar surface area (TPSA) is 121 Å². The number of aryl methyl sites for hydroxylation is 2. The van der Waals surface area contributed by atoms with Gasteiger partial charge in [0.25, 0.3) is 10.0 Å². The lowest BCUT2D eigenvalue weighted by Crippen LogP contribution is -2.29. The largest absolute Gasteiger partial charge is 0.481 e. The van der Waals surface area contributed by atoms with Gasteiger partial charge in [-0.15, -0.1) is 0 Å². The van der Waals surface area contributed by atoms with Crippen molar-refractivity contribution >= 4 is 31.7 Å². The molecule has 10 heteroatoms. The second kappa shape index (κ2) is 8.29. The summed E-state index contributed by atoms with van der Waals surface area (Å²) < 4.78 is 54.1. The van der Waals surface area contributed by atoms with Gasteiger partial charge in [0.1, 0.15) is 0 Å². The molecule has 2 aromatic carbocycles. The van der Waals surface area contributed by atoms with Crippen LogP contribution in [-0.2, 0) is 24.8 Å². The van der Waals surface area contributed by atoms with Crippen LogP contribution in [0.2, 0.25) is 0 Å². The molecule has 2 N–H and O–H groups in total. The molecule has 0 saturated carbocycles. The predicted molar refractivity (Wildman–Crippen MR) is 105 cm³/mol. The molecule has 2 aromatic rings. The highest BCUT2D eigenvalue weighted by atomic mass is 32.2. The quantitative estimate of drug-likeness (QED) is 0.665. The minimum Gasteiger partial charge on any atom is -0.481 e. The second-order valence-electron chi connectivity index (χ2n) is 6.23. The molecule has 0 bridgehead atoms. The van der Waals surface area contributed by atoms with Crippen molar-refractivity contribution in [2.75, 3.05) is 17.9 Å². The Bertz CT molecular complexity index is 1080. The lowest BCUT2D eigenvalue weighted by atomic mass is 10.1. The van der Waals surface area contributed by atoms with Crippen molar-refractivity contribution in [2.24, 2.45) is 0 Å². The summed E-state index contributed by atoms with van der Waals surface area (Å²) in [6.07, 6.45) is -0.362. The number of hydrogen-bond donors (Lipinski definition) is 2. The van der Waals surface area contributed by atoms with Crippen molar-refractivity contribution in [3.05, 3.63) is 53.6 Å². The van der Waals surface area contributed by atoms with Crippen molar-refractivity contribution in [3.63, 3.8) is 0 Å². The zero-order chi connectivity index (χ0) is 21.1. The van der Waals surface area contributed by atoms with Gasteiger partial charge in [-0.05, 0) is 43.2 Å². The fourth-order valence-corrected chi connectivity index (χ4v) is 5.25. The summed E-state index contributed by atoms with van der Waals surface area (Å²) in [5.41, 5.74) is 1.23. The molecular formula is C18H22N2O6S2. The van der Waals surface area contributed by atoms with Gasteiger partial charge in [0, 0.05) is 13.6 Å². The maximum absolute atomic E-state index is 12.9. The summed E-state index contributed by atoms with van der Waals surface area (Å²) in [6.45, 7) is 3.01. The molecule has 152 valence electrons. The second-order valence-corrected chi connectivity index (χ2v) is 9.94. The van der Waals surface area contributed by atoms with E-state index in [1.807, 2.05) is 0 Å². The number of carboxylic acids is 1. The van der Waals surface area contributed by atoms with Gasteiger partial charge in [0.15, 0.2) is 0 Å². The van der Waals surface area contributed by atoms with Crippen molar-refractivity contribution in [3.8, 4) is 0 Å². The molecule has 0 radical (unpaired) electrons. The standard InChI is InChI=1S/C18H22N2O6S2/c1-13-11-14(2)17(27(23,24)19-10-9-18(21)22)12-16(13)20(3)28(25,26)15-7-5-4-6-8-15/h4-8,11-12,19H,9-10H2,1-3H3,(H,21,22). The first-order valence-corrected chi connectivity index (χ1v) is 11.3. The van der Waals surface area contributed by atoms with Gasteiger partial charge < -0.3 is 5.11 Å². The molecule has 0 saturated heterocycles. The number of nitrogens with one attached hydrogen (secondary N) is 1. The summed E-state index contributed by atoms with van der Waals surface area (Å²) in [5.74, 6) is -1.13. The summed E-state index contributed by atoms with van der Waals surface area (Å²) >= 11 is 0. The number of carboxylic acid groups (broad SMARTS) is 1. The highest BCUT2D eigenvalue weighted by Crippen LogP contribution is 2.30. The van der Waals surface area contributed by atoms with Crippen LogP contribution < -0.4 is 9.03 Å². The van der Waals surface area contributed by atoms with E-state index >= 15 is 0 Å². The Balaban J connectivity index is 2.47. The van der Waals surface area contributed by atoms with Gasteiger partial charge in [0.2, 0.25) is 10.0 Å². The third kappa shape index (κ3) is 4.70. The number of sulfonamides is 2. The average molecular weight is 427 g/mol. The van der Waals surface area contributed by atoms with Gasteiger partial charge in [-0.3, -0.25) is 9.10 Å². The minimum absolute atomic E-state index is 0.0847. The van der Waals surface area contributed by atoms with E-state index in [0.717, 1.165) is 4.31 Å². The lowest BCUT2D eigenvalue weighted by Gasteiger charge is -2.23. The highest BCUT2D eigenvalue weighted by molar-refractivity contribution is 7.92. The number of aliphatic carboxylic acids is 1. The van der Waals surface area contributed by atoms with Crippen LogP contribution in [0.15, 0.2) is 52.3 Å². The average Bonchev–Trinajstić information content (AvgIpc) is 2.61. The molecule has 0 aliphatic carbocycles. The summed E-state index contributed by atoms with van der Waals surface area (Å²) in [5, 5.41) is 8.68. The smallest absolute Gasteiger partial charge is 0.304 e. The zero-order valence-electron chi connectivity index (χ0n) is 15.7. The Morgan fingerprint density at radius 2 is 1.64 bits per heavy atom. The molecule has 0 aliphatic heterocycles. The molecular weight excluding hydrogens is 404 g/mol. The molecule has 0 heterocycles. The van der Waals surface area contributed by atoms with Crippen molar-refractivity contribution in [2.45, 2.75) is 30.1 Å². The Morgan fingerprint density at radius 3 is 2.21 bits per heavy atom. The van der Waals surface area contributed by atoms with Crippen LogP contribution >= 0.6 is 0 Å². The molecule has 2 rings (SSSR count). The van der Waals surface area contributed by atoms with Crippen molar-refractivity contribution in [1.82, 2.24) is 4.72 Å². The SMILES string of the molecule is Cc1cc(C)c(S(=O)(=O)NCCC(=O)O)cc1N(C)S(=O)(=O)c1ccccc1. The number of anilines is 1. The number of hydrogen-bond acceptors (Lipinski definition) is 5. The summed E-state index contributed by atoms with van der Waals surface area (Å²) in [6, 6.07) is 10.7. The Labute approximate surface area is 164 Å². The first kappa shape index (κ1) is 21.9. The summed E-state index contributed by atoms with van der Waals surface area (Å²) in [7, 11) is -6.53. The number of benzene rings is 2. The Kier molecular flexibility index (Phi) is 6.48. The van der Waals surface area contributed by atoms with Crippen LogP contribution in [0, 0.1) is 13.8 Å². The van der Waals surface area contributed by atoms with Crippen LogP contribution in [0.25, 0.3) is 0 Å². The molecule has 0 fully saturated rings. The van der Waals surface area contributed by atoms with E-state index in [0.29, 0.717) is 11.1 Å². The first-order chi connectivity index (χ1) is 13.0. The van der Waals surface area contributed by atoms with Crippen molar-refractivity contribution in [1.29, 1.82) is 0 Å². The summed E-state index contributed by atoms with van der Waals surface area (Å²) in [4.78, 5) is 10.6. The van der Waals surface area contributed by atoms with Crippen LogP contribution in [0.1, 0.15) is 17.5 Å². The first-order valence-electron chi connectivity index (χ1n) is 8.33. The number of carbonyl (C=O) groups is 1. The van der Waals surface area contributed by atoms with Crippen molar-refractivity contribution < 1.29 is 26.7 Å². The third-order valence-electron chi connectivity index (χ3n) is 4.15. The van der Waals surface area contributed by atoms with Crippen LogP contribution in [0.4, 0.5) is 5.69 Å². The fraction of sp³-hybridized carbons (Fsp3) is 0.278. The predicted octanol–water partition coefficient (Wildman–Crippen LogP) is 1.88. The molecule has 0 atom stereocenters. The maximum Gasteiger partial charge on any atom is 0.304 e. The molecule has 0 aromatic heterocycles. The van der Waals surface area contributed by atoms with Crippen LogP contribution in [-0.4, -0.2) is 41.5 Å². The Morgan fingerprint density at radius 1 is 1.04 bits per heavy atom. The highest BCUT2D eigenvalue weighted by Gasteiger charge is 2.25. The van der Waals surface area contributed by atoms with Gasteiger partial charge >= 0.3 is 5.97 Å². The van der Waals surface area contributed by atoms with E-state index in [1.165, 1.54) is 25.2 Å². The van der Waals surface area contributed by atoms with E-state index in [2.05, 4.69) is 4.72 Å².